The van der Waals surface area contributed by atoms with E-state index in [0.29, 0.717) is 18.9 Å². The number of H-pyrrole nitrogens is 1. The second-order valence-corrected chi connectivity index (χ2v) is 5.06. The number of ether oxygens (including phenoxy) is 2. The number of urea groups is 1. The van der Waals surface area contributed by atoms with Crippen LogP contribution in [-0.2, 0) is 0 Å². The number of nitrogens with zero attached hydrogens (tertiary/aromatic N) is 1. The van der Waals surface area contributed by atoms with Crippen LogP contribution < -0.4 is 20.1 Å². The molecule has 7 nitrogen and oxygen atoms in total. The van der Waals surface area contributed by atoms with E-state index in [4.69, 9.17) is 9.47 Å². The molecule has 7 heteroatoms. The predicted molar refractivity (Wildman–Crippen MR) is 81.2 cm³/mol. The van der Waals surface area contributed by atoms with Crippen molar-refractivity contribution >= 4 is 11.7 Å². The largest absolute Gasteiger partial charge is 0.490 e. The summed E-state index contributed by atoms with van der Waals surface area (Å²) >= 11 is 0. The molecule has 2 aromatic rings. The Labute approximate surface area is 128 Å². The number of amides is 2. The van der Waals surface area contributed by atoms with Crippen LogP contribution in [0.1, 0.15) is 24.9 Å². The zero-order valence-corrected chi connectivity index (χ0v) is 12.3. The first kappa shape index (κ1) is 14.2. The van der Waals surface area contributed by atoms with Crippen molar-refractivity contribution in [2.24, 2.45) is 0 Å². The zero-order valence-electron chi connectivity index (χ0n) is 12.3. The van der Waals surface area contributed by atoms with E-state index in [-0.39, 0.29) is 12.1 Å². The van der Waals surface area contributed by atoms with E-state index >= 15 is 0 Å². The van der Waals surface area contributed by atoms with Crippen LogP contribution in [0.2, 0.25) is 0 Å². The van der Waals surface area contributed by atoms with Gasteiger partial charge in [0, 0.05) is 12.6 Å². The average molecular weight is 302 g/mol. The molecule has 1 atom stereocenters. The smallest absolute Gasteiger partial charge is 0.319 e. The molecular weight excluding hydrogens is 284 g/mol. The molecule has 1 aliphatic rings. The van der Waals surface area contributed by atoms with E-state index in [9.17, 15) is 4.79 Å². The van der Waals surface area contributed by atoms with E-state index < -0.39 is 0 Å². The van der Waals surface area contributed by atoms with Crippen LogP contribution in [-0.4, -0.2) is 29.4 Å². The average Bonchev–Trinajstić information content (AvgIpc) is 2.89. The maximum Gasteiger partial charge on any atom is 0.319 e. The van der Waals surface area contributed by atoms with Crippen molar-refractivity contribution in [2.75, 3.05) is 18.5 Å². The summed E-state index contributed by atoms with van der Waals surface area (Å²) < 4.78 is 11.3. The van der Waals surface area contributed by atoms with Gasteiger partial charge in [-0.3, -0.25) is 5.10 Å². The third-order valence-electron chi connectivity index (χ3n) is 3.38. The highest BCUT2D eigenvalue weighted by Crippen LogP contribution is 2.32. The van der Waals surface area contributed by atoms with Gasteiger partial charge < -0.3 is 20.1 Å². The molecule has 0 bridgehead atoms. The van der Waals surface area contributed by atoms with Gasteiger partial charge in [-0.2, -0.15) is 5.10 Å². The molecule has 1 aromatic heterocycles. The van der Waals surface area contributed by atoms with Crippen LogP contribution >= 0.6 is 0 Å². The van der Waals surface area contributed by atoms with E-state index in [1.165, 1.54) is 6.20 Å². The number of hydrogen-bond donors (Lipinski definition) is 3. The molecule has 22 heavy (non-hydrogen) atoms. The fourth-order valence-electron chi connectivity index (χ4n) is 2.22. The topological polar surface area (TPSA) is 88.3 Å². The fraction of sp³-hybridized carbons (Fsp3) is 0.333. The monoisotopic (exact) mass is 302 g/mol. The molecule has 0 fully saturated rings. The Morgan fingerprint density at radius 2 is 2.14 bits per heavy atom. The van der Waals surface area contributed by atoms with Crippen molar-refractivity contribution in [3.05, 3.63) is 36.2 Å². The molecule has 2 amide bonds. The van der Waals surface area contributed by atoms with Crippen molar-refractivity contribution in [3.8, 4) is 11.5 Å². The zero-order chi connectivity index (χ0) is 15.4. The highest BCUT2D eigenvalue weighted by atomic mass is 16.5. The number of carbonyl (C=O) groups is 1. The third-order valence-corrected chi connectivity index (χ3v) is 3.38. The first-order valence-corrected chi connectivity index (χ1v) is 7.18. The Morgan fingerprint density at radius 1 is 1.32 bits per heavy atom. The number of fused-ring (bicyclic) bond motifs is 1. The highest BCUT2D eigenvalue weighted by molar-refractivity contribution is 5.89. The molecule has 0 unspecified atom stereocenters. The van der Waals surface area contributed by atoms with Crippen LogP contribution in [0.25, 0.3) is 0 Å². The normalized spacial score (nSPS) is 14.8. The molecule has 3 N–H and O–H groups in total. The molecule has 116 valence electrons. The number of benzene rings is 1. The Bertz CT molecular complexity index is 642. The highest BCUT2D eigenvalue weighted by Gasteiger charge is 2.15. The minimum absolute atomic E-state index is 0.163. The van der Waals surface area contributed by atoms with Gasteiger partial charge in [-0.05, 0) is 24.6 Å². The number of nitrogens with one attached hydrogen (secondary N) is 3. The Balaban J connectivity index is 1.65. The lowest BCUT2D eigenvalue weighted by Gasteiger charge is -2.16. The summed E-state index contributed by atoms with van der Waals surface area (Å²) in [5.41, 5.74) is 1.56. The maximum atomic E-state index is 11.9. The van der Waals surface area contributed by atoms with E-state index in [1.54, 1.807) is 6.20 Å². The number of anilines is 1. The molecule has 0 radical (unpaired) electrons. The fourth-order valence-corrected chi connectivity index (χ4v) is 2.22. The van der Waals surface area contributed by atoms with Gasteiger partial charge >= 0.3 is 6.03 Å². The Hall–Kier alpha value is -2.70. The lowest BCUT2D eigenvalue weighted by Crippen LogP contribution is -2.31. The van der Waals surface area contributed by atoms with Crippen molar-refractivity contribution in [1.29, 1.82) is 0 Å². The van der Waals surface area contributed by atoms with Gasteiger partial charge in [0.1, 0.15) is 0 Å². The minimum Gasteiger partial charge on any atom is -0.490 e. The third kappa shape index (κ3) is 3.30. The van der Waals surface area contributed by atoms with Crippen LogP contribution in [0.5, 0.6) is 11.5 Å². The van der Waals surface area contributed by atoms with Crippen LogP contribution in [0, 0.1) is 0 Å². The lowest BCUT2D eigenvalue weighted by molar-refractivity contribution is 0.249. The molecule has 0 spiro atoms. The van der Waals surface area contributed by atoms with Crippen LogP contribution in [0.15, 0.2) is 30.6 Å². The first-order chi connectivity index (χ1) is 10.7. The summed E-state index contributed by atoms with van der Waals surface area (Å²) in [4.78, 5) is 11.9. The standard InChI is InChI=1S/C15H18N4O3/c1-10(18-15(20)19-12-8-16-17-9-12)11-3-4-13-14(7-11)22-6-2-5-21-13/h3-4,7-10H,2,5-6H2,1H3,(H,16,17)(H2,18,19,20)/t10-/m0/s1. The molecule has 0 saturated heterocycles. The molecule has 2 heterocycles. The van der Waals surface area contributed by atoms with Gasteiger partial charge in [0.2, 0.25) is 0 Å². The summed E-state index contributed by atoms with van der Waals surface area (Å²) in [6.45, 7) is 3.21. The maximum absolute atomic E-state index is 11.9. The number of aromatic nitrogens is 2. The molecule has 3 rings (SSSR count). The second kappa shape index (κ2) is 6.38. The van der Waals surface area contributed by atoms with Crippen LogP contribution in [0.4, 0.5) is 10.5 Å². The summed E-state index contributed by atoms with van der Waals surface area (Å²) in [5.74, 6) is 1.47. The lowest BCUT2D eigenvalue weighted by atomic mass is 10.1. The molecule has 1 aromatic carbocycles. The van der Waals surface area contributed by atoms with Crippen molar-refractivity contribution < 1.29 is 14.3 Å². The molecular formula is C15H18N4O3. The van der Waals surface area contributed by atoms with Crippen LogP contribution in [0.3, 0.4) is 0 Å². The first-order valence-electron chi connectivity index (χ1n) is 7.18. The Morgan fingerprint density at radius 3 is 2.91 bits per heavy atom. The molecule has 0 saturated carbocycles. The minimum atomic E-state index is -0.291. The summed E-state index contributed by atoms with van der Waals surface area (Å²) in [5, 5.41) is 12.0. The van der Waals surface area contributed by atoms with Crippen molar-refractivity contribution in [3.63, 3.8) is 0 Å². The van der Waals surface area contributed by atoms with Gasteiger partial charge in [0.05, 0.1) is 31.1 Å². The number of rotatable bonds is 3. The van der Waals surface area contributed by atoms with E-state index in [0.717, 1.165) is 23.5 Å². The van der Waals surface area contributed by atoms with Crippen molar-refractivity contribution in [1.82, 2.24) is 15.5 Å². The molecule has 1 aliphatic heterocycles. The van der Waals surface area contributed by atoms with Gasteiger partial charge in [0.15, 0.2) is 11.5 Å². The van der Waals surface area contributed by atoms with E-state index in [1.807, 2.05) is 25.1 Å². The second-order valence-electron chi connectivity index (χ2n) is 5.06. The number of hydrogen-bond acceptors (Lipinski definition) is 4. The van der Waals surface area contributed by atoms with Gasteiger partial charge in [-0.25, -0.2) is 4.79 Å². The Kier molecular flexibility index (Phi) is 4.13. The summed E-state index contributed by atoms with van der Waals surface area (Å²) in [7, 11) is 0. The van der Waals surface area contributed by atoms with Gasteiger partial charge in [-0.15, -0.1) is 0 Å². The number of carbonyl (C=O) groups excluding carboxylic acids is 1. The van der Waals surface area contributed by atoms with Gasteiger partial charge in [0.25, 0.3) is 0 Å². The molecule has 0 aliphatic carbocycles. The van der Waals surface area contributed by atoms with Gasteiger partial charge in [-0.1, -0.05) is 6.07 Å². The number of aromatic amines is 1. The summed E-state index contributed by atoms with van der Waals surface area (Å²) in [6, 6.07) is 5.26. The quantitative estimate of drug-likeness (QED) is 0.812. The summed E-state index contributed by atoms with van der Waals surface area (Å²) in [6.07, 6.45) is 4.01. The van der Waals surface area contributed by atoms with Crippen molar-refractivity contribution in [2.45, 2.75) is 19.4 Å². The predicted octanol–water partition coefficient (Wildman–Crippen LogP) is 2.45. The van der Waals surface area contributed by atoms with E-state index in [2.05, 4.69) is 20.8 Å². The SMILES string of the molecule is C[C@H](NC(=O)Nc1cn[nH]c1)c1ccc2c(c1)OCCCO2.